The first kappa shape index (κ1) is 24.0. The van der Waals surface area contributed by atoms with E-state index in [1.54, 1.807) is 36.9 Å². The molecule has 1 aliphatic heterocycles. The Labute approximate surface area is 196 Å². The molecule has 1 aliphatic rings. The van der Waals surface area contributed by atoms with Crippen LogP contribution in [0.3, 0.4) is 0 Å². The normalized spacial score (nSPS) is 14.2. The molecule has 0 atom stereocenters. The van der Waals surface area contributed by atoms with E-state index in [1.807, 2.05) is 17.0 Å². The van der Waals surface area contributed by atoms with Crippen LogP contribution in [0.15, 0.2) is 30.3 Å². The van der Waals surface area contributed by atoms with Gasteiger partial charge in [-0.05, 0) is 37.6 Å². The number of piperazine rings is 1. The molecule has 10 heteroatoms. The third-order valence-corrected chi connectivity index (χ3v) is 6.28. The summed E-state index contributed by atoms with van der Waals surface area (Å²) in [6.45, 7) is 6.37. The van der Waals surface area contributed by atoms with E-state index in [0.29, 0.717) is 48.4 Å². The van der Waals surface area contributed by atoms with Gasteiger partial charge in [0.2, 0.25) is 5.91 Å². The fourth-order valence-corrected chi connectivity index (χ4v) is 4.42. The quantitative estimate of drug-likeness (QED) is 0.605. The maximum absolute atomic E-state index is 12.7. The molecule has 0 radical (unpaired) electrons. The molecule has 2 amide bonds. The maximum atomic E-state index is 12.7. The number of rotatable bonds is 7. The molecule has 32 heavy (non-hydrogen) atoms. The molecule has 3 rings (SSSR count). The maximum Gasteiger partial charge on any atom is 0.409 e. The molecule has 0 spiro atoms. The van der Waals surface area contributed by atoms with Crippen molar-refractivity contribution in [3.05, 3.63) is 40.2 Å². The van der Waals surface area contributed by atoms with Crippen molar-refractivity contribution < 1.29 is 23.9 Å². The summed E-state index contributed by atoms with van der Waals surface area (Å²) >= 11 is 7.23. The minimum Gasteiger partial charge on any atom is -0.462 e. The number of nitrogens with one attached hydrogen (secondary N) is 1. The zero-order chi connectivity index (χ0) is 23.1. The zero-order valence-corrected chi connectivity index (χ0v) is 19.6. The summed E-state index contributed by atoms with van der Waals surface area (Å²) in [4.78, 5) is 41.7. The topological polar surface area (TPSA) is 88.2 Å². The van der Waals surface area contributed by atoms with Gasteiger partial charge in [0.15, 0.2) is 0 Å². The van der Waals surface area contributed by atoms with E-state index in [4.69, 9.17) is 21.1 Å². The fourth-order valence-electron chi connectivity index (χ4n) is 3.28. The van der Waals surface area contributed by atoms with Crippen LogP contribution in [0.4, 0.5) is 10.5 Å². The zero-order valence-electron chi connectivity index (χ0n) is 18.1. The molecule has 0 saturated carbocycles. The average molecular weight is 480 g/mol. The Morgan fingerprint density at radius 3 is 2.31 bits per heavy atom. The van der Waals surface area contributed by atoms with Gasteiger partial charge in [-0.2, -0.15) is 0 Å². The van der Waals surface area contributed by atoms with E-state index in [0.717, 1.165) is 10.4 Å². The second-order valence-electron chi connectivity index (χ2n) is 7.09. The molecule has 8 nitrogen and oxygen atoms in total. The van der Waals surface area contributed by atoms with E-state index in [2.05, 4.69) is 5.32 Å². The molecule has 2 aromatic rings. The largest absolute Gasteiger partial charge is 0.462 e. The van der Waals surface area contributed by atoms with E-state index >= 15 is 0 Å². The summed E-state index contributed by atoms with van der Waals surface area (Å²) in [5.41, 5.74) is 1.31. The predicted octanol–water partition coefficient (Wildman–Crippen LogP) is 3.96. The molecule has 2 heterocycles. The number of anilines is 1. The van der Waals surface area contributed by atoms with Crippen LogP contribution in [0.25, 0.3) is 10.4 Å². The number of hydrogen-bond acceptors (Lipinski definition) is 7. The Balaban J connectivity index is 1.66. The van der Waals surface area contributed by atoms with Crippen molar-refractivity contribution in [2.24, 2.45) is 0 Å². The molecule has 0 aliphatic carbocycles. The smallest absolute Gasteiger partial charge is 0.409 e. The van der Waals surface area contributed by atoms with Gasteiger partial charge in [0.25, 0.3) is 0 Å². The predicted molar refractivity (Wildman–Crippen MR) is 124 cm³/mol. The van der Waals surface area contributed by atoms with Gasteiger partial charge in [-0.15, -0.1) is 11.3 Å². The summed E-state index contributed by atoms with van der Waals surface area (Å²) in [6.07, 6.45) is -0.330. The van der Waals surface area contributed by atoms with Crippen LogP contribution < -0.4 is 5.32 Å². The second kappa shape index (κ2) is 11.3. The van der Waals surface area contributed by atoms with Gasteiger partial charge in [0, 0.05) is 36.1 Å². The van der Waals surface area contributed by atoms with Gasteiger partial charge < -0.3 is 19.7 Å². The highest BCUT2D eigenvalue weighted by molar-refractivity contribution is 7.18. The Morgan fingerprint density at radius 1 is 1.03 bits per heavy atom. The van der Waals surface area contributed by atoms with Crippen molar-refractivity contribution in [3.63, 3.8) is 0 Å². The van der Waals surface area contributed by atoms with Crippen LogP contribution in [-0.2, 0) is 14.3 Å². The number of benzene rings is 1. The first-order valence-corrected chi connectivity index (χ1v) is 11.6. The van der Waals surface area contributed by atoms with Crippen molar-refractivity contribution in [2.45, 2.75) is 13.8 Å². The Hall–Kier alpha value is -2.62. The van der Waals surface area contributed by atoms with Gasteiger partial charge in [-0.3, -0.25) is 9.69 Å². The van der Waals surface area contributed by atoms with Crippen LogP contribution in [0.5, 0.6) is 0 Å². The van der Waals surface area contributed by atoms with Gasteiger partial charge in [0.1, 0.15) is 4.88 Å². The molecule has 1 aromatic heterocycles. The van der Waals surface area contributed by atoms with E-state index < -0.39 is 5.97 Å². The molecule has 1 aromatic carbocycles. The first-order chi connectivity index (χ1) is 15.4. The number of halogens is 1. The van der Waals surface area contributed by atoms with Crippen LogP contribution in [0.2, 0.25) is 5.02 Å². The highest BCUT2D eigenvalue weighted by Crippen LogP contribution is 2.36. The van der Waals surface area contributed by atoms with Gasteiger partial charge in [0.05, 0.1) is 25.4 Å². The molecule has 0 unspecified atom stereocenters. The highest BCUT2D eigenvalue weighted by Gasteiger charge is 2.25. The lowest BCUT2D eigenvalue weighted by molar-refractivity contribution is -0.117. The molecule has 1 fully saturated rings. The number of thiophene rings is 1. The van der Waals surface area contributed by atoms with Crippen molar-refractivity contribution in [3.8, 4) is 10.4 Å². The van der Waals surface area contributed by atoms with Crippen molar-refractivity contribution >= 4 is 46.6 Å². The van der Waals surface area contributed by atoms with E-state index in [9.17, 15) is 14.4 Å². The molecular weight excluding hydrogens is 454 g/mol. The summed E-state index contributed by atoms with van der Waals surface area (Å²) < 4.78 is 10.2. The lowest BCUT2D eigenvalue weighted by atomic mass is 10.2. The summed E-state index contributed by atoms with van der Waals surface area (Å²) in [5, 5.41) is 3.47. The lowest BCUT2D eigenvalue weighted by Gasteiger charge is -2.33. The number of carbonyl (C=O) groups is 3. The van der Waals surface area contributed by atoms with Crippen LogP contribution in [0.1, 0.15) is 23.5 Å². The molecule has 0 bridgehead atoms. The number of hydrogen-bond donors (Lipinski definition) is 1. The van der Waals surface area contributed by atoms with Crippen LogP contribution in [-0.4, -0.2) is 73.7 Å². The van der Waals surface area contributed by atoms with Crippen molar-refractivity contribution in [1.29, 1.82) is 0 Å². The monoisotopic (exact) mass is 479 g/mol. The SMILES string of the molecule is CCOC(=O)c1sc(-c2ccc(Cl)cc2)cc1NC(=O)CN1CCN(C(=O)OCC)CC1. The van der Waals surface area contributed by atoms with E-state index in [1.165, 1.54) is 11.3 Å². The summed E-state index contributed by atoms with van der Waals surface area (Å²) in [5.74, 6) is -0.711. The van der Waals surface area contributed by atoms with Crippen LogP contribution in [0, 0.1) is 0 Å². The third kappa shape index (κ3) is 6.21. The molecular formula is C22H26ClN3O5S. The second-order valence-corrected chi connectivity index (χ2v) is 8.58. The summed E-state index contributed by atoms with van der Waals surface area (Å²) in [7, 11) is 0. The van der Waals surface area contributed by atoms with Crippen molar-refractivity contribution in [1.82, 2.24) is 9.80 Å². The number of ether oxygens (including phenoxy) is 2. The Bertz CT molecular complexity index is 955. The number of carbonyl (C=O) groups excluding carboxylic acids is 3. The average Bonchev–Trinajstić information content (AvgIpc) is 3.18. The lowest BCUT2D eigenvalue weighted by Crippen LogP contribution is -2.50. The number of amides is 2. The van der Waals surface area contributed by atoms with Crippen molar-refractivity contribution in [2.75, 3.05) is 51.3 Å². The third-order valence-electron chi connectivity index (χ3n) is 4.86. The van der Waals surface area contributed by atoms with Gasteiger partial charge in [-0.25, -0.2) is 9.59 Å². The molecule has 1 saturated heterocycles. The number of esters is 1. The molecule has 172 valence electrons. The fraction of sp³-hybridized carbons (Fsp3) is 0.409. The van der Waals surface area contributed by atoms with Gasteiger partial charge >= 0.3 is 12.1 Å². The number of nitrogens with zero attached hydrogens (tertiary/aromatic N) is 2. The van der Waals surface area contributed by atoms with E-state index in [-0.39, 0.29) is 25.2 Å². The van der Waals surface area contributed by atoms with Gasteiger partial charge in [-0.1, -0.05) is 23.7 Å². The highest BCUT2D eigenvalue weighted by atomic mass is 35.5. The minimum absolute atomic E-state index is 0.158. The Kier molecular flexibility index (Phi) is 8.49. The summed E-state index contributed by atoms with van der Waals surface area (Å²) in [6, 6.07) is 9.04. The first-order valence-electron chi connectivity index (χ1n) is 10.4. The van der Waals surface area contributed by atoms with Crippen LogP contribution >= 0.6 is 22.9 Å². The Morgan fingerprint density at radius 2 is 1.69 bits per heavy atom. The molecule has 1 N–H and O–H groups in total. The minimum atomic E-state index is -0.476. The standard InChI is InChI=1S/C22H26ClN3O5S/c1-3-30-21(28)20-17(13-18(32-20)15-5-7-16(23)8-6-15)24-19(27)14-25-9-11-26(12-10-25)22(29)31-4-2/h5-8,13H,3-4,9-12,14H2,1-2H3,(H,24,27).